The van der Waals surface area contributed by atoms with Crippen molar-refractivity contribution in [2.45, 2.75) is 19.7 Å². The molecule has 0 spiro atoms. The van der Waals surface area contributed by atoms with Gasteiger partial charge in [-0.15, -0.1) is 0 Å². The molecule has 0 aliphatic carbocycles. The van der Waals surface area contributed by atoms with Crippen molar-refractivity contribution in [3.05, 3.63) is 65.8 Å². The zero-order valence-corrected chi connectivity index (χ0v) is 11.5. The molecular formula is C16H15N3O2. The topological polar surface area (TPSA) is 55.3 Å². The Morgan fingerprint density at radius 1 is 1.29 bits per heavy atom. The third-order valence-corrected chi connectivity index (χ3v) is 3.30. The van der Waals surface area contributed by atoms with Gasteiger partial charge in [0.1, 0.15) is 6.61 Å². The smallest absolute Gasteiger partial charge is 0.410 e. The van der Waals surface area contributed by atoms with Crippen LogP contribution in [0.2, 0.25) is 0 Å². The first-order valence-corrected chi connectivity index (χ1v) is 6.69. The van der Waals surface area contributed by atoms with Crippen LogP contribution >= 0.6 is 0 Å². The number of carbonyl (C=O) groups is 1. The van der Waals surface area contributed by atoms with E-state index >= 15 is 0 Å². The van der Waals surface area contributed by atoms with Crippen LogP contribution < -0.4 is 0 Å². The standard InChI is InChI=1S/C16H15N3O2/c1-2-13-8-17-14-9-19(10-15(14)18-13)16(20)21-11-12-6-4-3-5-7-12/h2-8H,1,9-11H2. The zero-order valence-electron chi connectivity index (χ0n) is 11.5. The fourth-order valence-corrected chi connectivity index (χ4v) is 2.18. The van der Waals surface area contributed by atoms with Crippen LogP contribution in [-0.4, -0.2) is 21.0 Å². The summed E-state index contributed by atoms with van der Waals surface area (Å²) in [4.78, 5) is 22.4. The van der Waals surface area contributed by atoms with Gasteiger partial charge in [0.15, 0.2) is 0 Å². The largest absolute Gasteiger partial charge is 0.445 e. The van der Waals surface area contributed by atoms with Gasteiger partial charge in [-0.2, -0.15) is 0 Å². The lowest BCUT2D eigenvalue weighted by atomic mass is 10.2. The lowest BCUT2D eigenvalue weighted by molar-refractivity contribution is 0.0951. The fraction of sp³-hybridized carbons (Fsp3) is 0.188. The van der Waals surface area contributed by atoms with E-state index in [1.807, 2.05) is 30.3 Å². The molecular weight excluding hydrogens is 266 g/mol. The van der Waals surface area contributed by atoms with E-state index < -0.39 is 0 Å². The van der Waals surface area contributed by atoms with Gasteiger partial charge in [-0.25, -0.2) is 9.78 Å². The Kier molecular flexibility index (Phi) is 3.64. The first kappa shape index (κ1) is 13.3. The summed E-state index contributed by atoms with van der Waals surface area (Å²) in [5.41, 5.74) is 3.31. The zero-order chi connectivity index (χ0) is 14.7. The van der Waals surface area contributed by atoms with Crippen LogP contribution in [0.1, 0.15) is 22.6 Å². The van der Waals surface area contributed by atoms with Crippen molar-refractivity contribution in [1.29, 1.82) is 0 Å². The summed E-state index contributed by atoms with van der Waals surface area (Å²) in [7, 11) is 0. The third kappa shape index (κ3) is 2.91. The van der Waals surface area contributed by atoms with Crippen molar-refractivity contribution in [2.75, 3.05) is 0 Å². The van der Waals surface area contributed by atoms with Gasteiger partial charge in [0.05, 0.1) is 36.4 Å². The minimum absolute atomic E-state index is 0.269. The second-order valence-electron chi connectivity index (χ2n) is 4.79. The molecule has 0 saturated carbocycles. The summed E-state index contributed by atoms with van der Waals surface area (Å²) in [5.74, 6) is 0. The maximum absolute atomic E-state index is 12.1. The fourth-order valence-electron chi connectivity index (χ4n) is 2.18. The molecule has 2 aromatic rings. The van der Waals surface area contributed by atoms with Crippen LogP contribution in [0.25, 0.3) is 6.08 Å². The van der Waals surface area contributed by atoms with Crippen LogP contribution in [0.5, 0.6) is 0 Å². The molecule has 2 heterocycles. The predicted molar refractivity (Wildman–Crippen MR) is 78.0 cm³/mol. The Labute approximate surface area is 122 Å². The van der Waals surface area contributed by atoms with Crippen LogP contribution in [-0.2, 0) is 24.4 Å². The summed E-state index contributed by atoms with van der Waals surface area (Å²) in [6.07, 6.45) is 2.95. The van der Waals surface area contributed by atoms with Gasteiger partial charge in [0.2, 0.25) is 0 Å². The number of amides is 1. The molecule has 0 unspecified atom stereocenters. The highest BCUT2D eigenvalue weighted by molar-refractivity contribution is 5.68. The van der Waals surface area contributed by atoms with Gasteiger partial charge in [-0.05, 0) is 11.6 Å². The van der Waals surface area contributed by atoms with E-state index in [0.717, 1.165) is 17.0 Å². The van der Waals surface area contributed by atoms with Crippen LogP contribution in [0.3, 0.4) is 0 Å². The molecule has 3 rings (SSSR count). The molecule has 1 aliphatic heterocycles. The average molecular weight is 281 g/mol. The number of aromatic nitrogens is 2. The predicted octanol–water partition coefficient (Wildman–Crippen LogP) is 2.77. The highest BCUT2D eigenvalue weighted by Crippen LogP contribution is 2.20. The number of rotatable bonds is 3. The molecule has 106 valence electrons. The molecule has 1 aromatic carbocycles. The Bertz CT molecular complexity index is 670. The van der Waals surface area contributed by atoms with Gasteiger partial charge >= 0.3 is 6.09 Å². The molecule has 0 radical (unpaired) electrons. The summed E-state index contributed by atoms with van der Waals surface area (Å²) < 4.78 is 5.31. The van der Waals surface area contributed by atoms with E-state index in [9.17, 15) is 4.79 Å². The van der Waals surface area contributed by atoms with Crippen LogP contribution in [0, 0.1) is 0 Å². The minimum atomic E-state index is -0.348. The SMILES string of the molecule is C=Cc1cnc2c(n1)CN(C(=O)OCc1ccccc1)C2. The first-order chi connectivity index (χ1) is 10.3. The van der Waals surface area contributed by atoms with Gasteiger partial charge in [0.25, 0.3) is 0 Å². The van der Waals surface area contributed by atoms with Crippen LogP contribution in [0.15, 0.2) is 43.1 Å². The van der Waals surface area contributed by atoms with E-state index in [2.05, 4.69) is 16.5 Å². The highest BCUT2D eigenvalue weighted by atomic mass is 16.6. The van der Waals surface area contributed by atoms with E-state index in [-0.39, 0.29) is 12.7 Å². The first-order valence-electron chi connectivity index (χ1n) is 6.69. The van der Waals surface area contributed by atoms with E-state index in [1.165, 1.54) is 0 Å². The lowest BCUT2D eigenvalue weighted by Crippen LogP contribution is -2.26. The van der Waals surface area contributed by atoms with Crippen LogP contribution in [0.4, 0.5) is 4.79 Å². The Balaban J connectivity index is 1.61. The number of fused-ring (bicyclic) bond motifs is 1. The normalized spacial score (nSPS) is 12.9. The van der Waals surface area contributed by atoms with Gasteiger partial charge in [0, 0.05) is 0 Å². The number of hydrogen-bond acceptors (Lipinski definition) is 4. The Hall–Kier alpha value is -2.69. The molecule has 1 amide bonds. The average Bonchev–Trinajstić information content (AvgIpc) is 2.96. The van der Waals surface area contributed by atoms with Gasteiger partial charge in [-0.3, -0.25) is 9.88 Å². The van der Waals surface area contributed by atoms with Crippen molar-refractivity contribution >= 4 is 12.2 Å². The lowest BCUT2D eigenvalue weighted by Gasteiger charge is -2.14. The van der Waals surface area contributed by atoms with Crippen molar-refractivity contribution < 1.29 is 9.53 Å². The molecule has 0 atom stereocenters. The van der Waals surface area contributed by atoms with Crippen molar-refractivity contribution in [1.82, 2.24) is 14.9 Å². The van der Waals surface area contributed by atoms with Crippen molar-refractivity contribution in [2.24, 2.45) is 0 Å². The number of benzene rings is 1. The van der Waals surface area contributed by atoms with E-state index in [0.29, 0.717) is 18.8 Å². The molecule has 1 aliphatic rings. The monoisotopic (exact) mass is 281 g/mol. The summed E-state index contributed by atoms with van der Waals surface area (Å²) in [6, 6.07) is 9.60. The second-order valence-corrected chi connectivity index (χ2v) is 4.79. The molecule has 0 bridgehead atoms. The molecule has 5 heteroatoms. The molecule has 1 aromatic heterocycles. The van der Waals surface area contributed by atoms with Gasteiger partial charge < -0.3 is 4.74 Å². The molecule has 21 heavy (non-hydrogen) atoms. The summed E-state index contributed by atoms with van der Waals surface area (Å²) in [6.45, 7) is 4.80. The second kappa shape index (κ2) is 5.75. The number of nitrogens with zero attached hydrogens (tertiary/aromatic N) is 3. The number of carbonyl (C=O) groups excluding carboxylic acids is 1. The van der Waals surface area contributed by atoms with Crippen molar-refractivity contribution in [3.8, 4) is 0 Å². The third-order valence-electron chi connectivity index (χ3n) is 3.30. The highest BCUT2D eigenvalue weighted by Gasteiger charge is 2.26. The molecule has 0 fully saturated rings. The minimum Gasteiger partial charge on any atom is -0.445 e. The molecule has 0 saturated heterocycles. The molecule has 5 nitrogen and oxygen atoms in total. The Morgan fingerprint density at radius 3 is 2.81 bits per heavy atom. The maximum atomic E-state index is 12.1. The maximum Gasteiger partial charge on any atom is 0.410 e. The number of ether oxygens (including phenoxy) is 1. The Morgan fingerprint density at radius 2 is 2.05 bits per heavy atom. The summed E-state index contributed by atoms with van der Waals surface area (Å²) in [5, 5.41) is 0. The van der Waals surface area contributed by atoms with E-state index in [1.54, 1.807) is 17.2 Å². The molecule has 0 N–H and O–H groups in total. The summed E-state index contributed by atoms with van der Waals surface area (Å²) >= 11 is 0. The van der Waals surface area contributed by atoms with Gasteiger partial charge in [-0.1, -0.05) is 36.9 Å². The number of hydrogen-bond donors (Lipinski definition) is 0. The quantitative estimate of drug-likeness (QED) is 0.868. The van der Waals surface area contributed by atoms with E-state index in [4.69, 9.17) is 4.74 Å². The van der Waals surface area contributed by atoms with Crippen molar-refractivity contribution in [3.63, 3.8) is 0 Å².